The Balaban J connectivity index is 1.83. The van der Waals surface area contributed by atoms with Crippen molar-refractivity contribution in [2.75, 3.05) is 40.4 Å². The van der Waals surface area contributed by atoms with E-state index in [2.05, 4.69) is 15.9 Å². The third-order valence-corrected chi connectivity index (χ3v) is 5.80. The van der Waals surface area contributed by atoms with Crippen molar-refractivity contribution >= 4 is 33.4 Å². The van der Waals surface area contributed by atoms with E-state index in [9.17, 15) is 14.7 Å². The molecule has 0 bridgehead atoms. The first-order chi connectivity index (χ1) is 14.9. The van der Waals surface area contributed by atoms with E-state index >= 15 is 0 Å². The molecular formula is C23H23BrN2O5. The third kappa shape index (κ3) is 4.18. The summed E-state index contributed by atoms with van der Waals surface area (Å²) in [7, 11) is 3.81. The largest absolute Gasteiger partial charge is 0.507 e. The molecule has 2 aliphatic heterocycles. The zero-order valence-electron chi connectivity index (χ0n) is 17.3. The maximum Gasteiger partial charge on any atom is 0.295 e. The molecule has 162 valence electrons. The monoisotopic (exact) mass is 486 g/mol. The molecule has 2 aromatic rings. The molecule has 1 N–H and O–H groups in total. The second-order valence-corrected chi connectivity index (χ2v) is 8.62. The van der Waals surface area contributed by atoms with Crippen LogP contribution in [-0.2, 0) is 9.59 Å². The van der Waals surface area contributed by atoms with E-state index in [0.717, 1.165) is 10.0 Å². The number of hydrogen-bond acceptors (Lipinski definition) is 6. The zero-order valence-corrected chi connectivity index (χ0v) is 18.9. The molecule has 0 unspecified atom stereocenters. The van der Waals surface area contributed by atoms with Crippen molar-refractivity contribution in [3.05, 3.63) is 63.6 Å². The number of aliphatic hydroxyl groups excluding tert-OH is 1. The van der Waals surface area contributed by atoms with Gasteiger partial charge >= 0.3 is 0 Å². The van der Waals surface area contributed by atoms with Gasteiger partial charge in [0, 0.05) is 23.1 Å². The Morgan fingerprint density at radius 3 is 2.58 bits per heavy atom. The number of ether oxygens (including phenoxy) is 2. The summed E-state index contributed by atoms with van der Waals surface area (Å²) < 4.78 is 12.0. The SMILES string of the molecule is CN(C)CCN1C(=O)C(=O)C(=C(O)c2ccc3c(c2)OCCO3)[C@@H]1c1cccc(Br)c1. The molecule has 1 atom stereocenters. The Hall–Kier alpha value is -2.84. The highest BCUT2D eigenvalue weighted by atomic mass is 79.9. The Labute approximate surface area is 189 Å². The first kappa shape index (κ1) is 21.4. The van der Waals surface area contributed by atoms with Gasteiger partial charge in [-0.15, -0.1) is 0 Å². The van der Waals surface area contributed by atoms with Gasteiger partial charge in [0.05, 0.1) is 11.6 Å². The number of Topliss-reactive ketones (excluding diaryl/α,β-unsaturated/α-hetero) is 1. The van der Waals surface area contributed by atoms with Crippen LogP contribution in [0.15, 0.2) is 52.5 Å². The van der Waals surface area contributed by atoms with Crippen LogP contribution in [0.2, 0.25) is 0 Å². The van der Waals surface area contributed by atoms with E-state index < -0.39 is 17.7 Å². The Kier molecular flexibility index (Phi) is 6.02. The van der Waals surface area contributed by atoms with Gasteiger partial charge in [-0.05, 0) is 50.0 Å². The number of halogens is 1. The van der Waals surface area contributed by atoms with E-state index in [1.807, 2.05) is 43.3 Å². The number of carbonyl (C=O) groups is 2. The zero-order chi connectivity index (χ0) is 22.1. The highest BCUT2D eigenvalue weighted by Gasteiger charge is 2.46. The van der Waals surface area contributed by atoms with Crippen LogP contribution in [-0.4, -0.2) is 67.0 Å². The minimum atomic E-state index is -0.698. The summed E-state index contributed by atoms with van der Waals surface area (Å²) in [5, 5.41) is 11.2. The summed E-state index contributed by atoms with van der Waals surface area (Å²) in [5.41, 5.74) is 1.21. The van der Waals surface area contributed by atoms with E-state index in [0.29, 0.717) is 43.4 Å². The van der Waals surface area contributed by atoms with E-state index in [1.165, 1.54) is 4.90 Å². The smallest absolute Gasteiger partial charge is 0.295 e. The predicted molar refractivity (Wildman–Crippen MR) is 119 cm³/mol. The molecule has 0 spiro atoms. The van der Waals surface area contributed by atoms with Crippen molar-refractivity contribution in [1.82, 2.24) is 9.80 Å². The third-order valence-electron chi connectivity index (χ3n) is 5.31. The van der Waals surface area contributed by atoms with Crippen molar-refractivity contribution in [2.24, 2.45) is 0 Å². The fourth-order valence-electron chi connectivity index (χ4n) is 3.79. The number of nitrogens with zero attached hydrogens (tertiary/aromatic N) is 2. The van der Waals surface area contributed by atoms with Crippen LogP contribution < -0.4 is 9.47 Å². The average molecular weight is 487 g/mol. The number of aliphatic hydroxyl groups is 1. The van der Waals surface area contributed by atoms with Gasteiger partial charge in [0.2, 0.25) is 0 Å². The van der Waals surface area contributed by atoms with Gasteiger partial charge in [-0.2, -0.15) is 0 Å². The first-order valence-corrected chi connectivity index (χ1v) is 10.7. The van der Waals surface area contributed by atoms with Crippen molar-refractivity contribution in [3.63, 3.8) is 0 Å². The molecule has 4 rings (SSSR count). The maximum absolute atomic E-state index is 13.0. The lowest BCUT2D eigenvalue weighted by Crippen LogP contribution is -2.35. The molecule has 1 amide bonds. The summed E-state index contributed by atoms with van der Waals surface area (Å²) in [4.78, 5) is 29.4. The van der Waals surface area contributed by atoms with Crippen LogP contribution >= 0.6 is 15.9 Å². The van der Waals surface area contributed by atoms with Gasteiger partial charge in [-0.1, -0.05) is 28.1 Å². The number of carbonyl (C=O) groups excluding carboxylic acids is 2. The van der Waals surface area contributed by atoms with Gasteiger partial charge in [0.15, 0.2) is 11.5 Å². The Morgan fingerprint density at radius 2 is 1.87 bits per heavy atom. The topological polar surface area (TPSA) is 79.3 Å². The molecule has 2 heterocycles. The molecule has 2 aliphatic rings. The number of fused-ring (bicyclic) bond motifs is 1. The second-order valence-electron chi connectivity index (χ2n) is 7.71. The van der Waals surface area contributed by atoms with E-state index in [1.54, 1.807) is 18.2 Å². The highest BCUT2D eigenvalue weighted by Crippen LogP contribution is 2.41. The minimum Gasteiger partial charge on any atom is -0.507 e. The molecule has 7 nitrogen and oxygen atoms in total. The first-order valence-electron chi connectivity index (χ1n) is 9.95. The molecular weight excluding hydrogens is 464 g/mol. The molecule has 0 aliphatic carbocycles. The van der Waals surface area contributed by atoms with Gasteiger partial charge in [-0.25, -0.2) is 0 Å². The minimum absolute atomic E-state index is 0.0681. The Bertz CT molecular complexity index is 1070. The molecule has 8 heteroatoms. The predicted octanol–water partition coefficient (Wildman–Crippen LogP) is 3.20. The lowest BCUT2D eigenvalue weighted by Gasteiger charge is -2.26. The van der Waals surface area contributed by atoms with Crippen molar-refractivity contribution in [1.29, 1.82) is 0 Å². The summed E-state index contributed by atoms with van der Waals surface area (Å²) in [6.45, 7) is 1.80. The summed E-state index contributed by atoms with van der Waals surface area (Å²) in [5.74, 6) is -0.469. The molecule has 1 fully saturated rings. The van der Waals surface area contributed by atoms with Crippen LogP contribution in [0, 0.1) is 0 Å². The fraction of sp³-hybridized carbons (Fsp3) is 0.304. The number of ketones is 1. The number of amides is 1. The lowest BCUT2D eigenvalue weighted by atomic mass is 9.95. The van der Waals surface area contributed by atoms with Crippen molar-refractivity contribution in [2.45, 2.75) is 6.04 Å². The summed E-state index contributed by atoms with van der Waals surface area (Å²) in [6, 6.07) is 11.7. The molecule has 0 saturated carbocycles. The van der Waals surface area contributed by atoms with E-state index in [-0.39, 0.29) is 11.3 Å². The van der Waals surface area contributed by atoms with Crippen LogP contribution in [0.25, 0.3) is 5.76 Å². The number of likely N-dealkylation sites (N-methyl/N-ethyl adjacent to an activating group) is 1. The molecule has 31 heavy (non-hydrogen) atoms. The average Bonchev–Trinajstić information content (AvgIpc) is 3.01. The van der Waals surface area contributed by atoms with Gasteiger partial charge in [-0.3, -0.25) is 9.59 Å². The highest BCUT2D eigenvalue weighted by molar-refractivity contribution is 9.10. The second kappa shape index (κ2) is 8.72. The van der Waals surface area contributed by atoms with Crippen LogP contribution in [0.3, 0.4) is 0 Å². The maximum atomic E-state index is 13.0. The number of benzene rings is 2. The number of hydrogen-bond donors (Lipinski definition) is 1. The van der Waals surface area contributed by atoms with Gasteiger partial charge in [0.25, 0.3) is 11.7 Å². The molecule has 0 aromatic heterocycles. The molecule has 2 aromatic carbocycles. The van der Waals surface area contributed by atoms with Crippen molar-refractivity contribution in [3.8, 4) is 11.5 Å². The van der Waals surface area contributed by atoms with Gasteiger partial charge < -0.3 is 24.4 Å². The quantitative estimate of drug-likeness (QED) is 0.397. The fourth-order valence-corrected chi connectivity index (χ4v) is 4.20. The standard InChI is InChI=1S/C23H23BrN2O5/c1-25(2)8-9-26-20(14-4-3-5-16(24)12-14)19(22(28)23(26)29)21(27)15-6-7-17-18(13-15)31-11-10-30-17/h3-7,12-13,20,27H,8-11H2,1-2H3/t20-/m0/s1. The summed E-state index contributed by atoms with van der Waals surface area (Å²) >= 11 is 3.46. The van der Waals surface area contributed by atoms with Crippen LogP contribution in [0.1, 0.15) is 17.2 Å². The van der Waals surface area contributed by atoms with Crippen LogP contribution in [0.4, 0.5) is 0 Å². The normalized spacial score (nSPS) is 19.9. The van der Waals surface area contributed by atoms with E-state index in [4.69, 9.17) is 9.47 Å². The molecule has 1 saturated heterocycles. The number of rotatable bonds is 5. The molecule has 0 radical (unpaired) electrons. The van der Waals surface area contributed by atoms with Crippen LogP contribution in [0.5, 0.6) is 11.5 Å². The Morgan fingerprint density at radius 1 is 1.13 bits per heavy atom. The summed E-state index contributed by atoms with van der Waals surface area (Å²) in [6.07, 6.45) is 0. The number of likely N-dealkylation sites (tertiary alicyclic amines) is 1. The van der Waals surface area contributed by atoms with Gasteiger partial charge in [0.1, 0.15) is 19.0 Å². The van der Waals surface area contributed by atoms with Crippen molar-refractivity contribution < 1.29 is 24.2 Å². The lowest BCUT2D eigenvalue weighted by molar-refractivity contribution is -0.140.